The highest BCUT2D eigenvalue weighted by Gasteiger charge is 2.18. The van der Waals surface area contributed by atoms with Crippen LogP contribution in [0.5, 0.6) is 5.75 Å². The van der Waals surface area contributed by atoms with Crippen LogP contribution >= 0.6 is 0 Å². The molecule has 0 atom stereocenters. The van der Waals surface area contributed by atoms with Crippen molar-refractivity contribution in [2.45, 2.75) is 57.9 Å². The molecule has 23 heavy (non-hydrogen) atoms. The Kier molecular flexibility index (Phi) is 6.44. The fourth-order valence-corrected chi connectivity index (χ4v) is 2.90. The molecule has 0 bridgehead atoms. The number of benzene rings is 1. The van der Waals surface area contributed by atoms with Gasteiger partial charge in [0.1, 0.15) is 11.3 Å². The molecule has 1 saturated carbocycles. The van der Waals surface area contributed by atoms with Gasteiger partial charge in [-0.2, -0.15) is 0 Å². The first-order valence-electron chi connectivity index (χ1n) is 8.33. The summed E-state index contributed by atoms with van der Waals surface area (Å²) >= 11 is 0. The number of hydrogen-bond acceptors (Lipinski definition) is 4. The lowest BCUT2D eigenvalue weighted by Gasteiger charge is -2.20. The molecule has 1 aromatic rings. The Labute approximate surface area is 137 Å². The van der Waals surface area contributed by atoms with Gasteiger partial charge in [0.25, 0.3) is 5.91 Å². The van der Waals surface area contributed by atoms with Gasteiger partial charge in [-0.3, -0.25) is 4.79 Å². The van der Waals surface area contributed by atoms with E-state index >= 15 is 0 Å². The first kappa shape index (κ1) is 17.3. The molecule has 0 saturated heterocycles. The van der Waals surface area contributed by atoms with Gasteiger partial charge in [-0.05, 0) is 31.4 Å². The molecule has 1 fully saturated rings. The summed E-state index contributed by atoms with van der Waals surface area (Å²) in [5, 5.41) is 12.8. The lowest BCUT2D eigenvalue weighted by molar-refractivity contribution is -0.125. The molecule has 1 aromatic carbocycles. The summed E-state index contributed by atoms with van der Waals surface area (Å²) in [4.78, 5) is 23.9. The minimum Gasteiger partial charge on any atom is -0.507 e. The minimum atomic E-state index is -0.681. The van der Waals surface area contributed by atoms with Crippen molar-refractivity contribution in [2.75, 3.05) is 6.61 Å². The van der Waals surface area contributed by atoms with E-state index in [4.69, 9.17) is 4.74 Å². The average Bonchev–Trinajstić information content (AvgIpc) is 2.50. The maximum absolute atomic E-state index is 12.0. The van der Waals surface area contributed by atoms with Gasteiger partial charge in [0.2, 0.25) is 0 Å². The van der Waals surface area contributed by atoms with E-state index in [2.05, 4.69) is 5.32 Å². The first-order valence-corrected chi connectivity index (χ1v) is 8.33. The topological polar surface area (TPSA) is 75.6 Å². The van der Waals surface area contributed by atoms with Crippen LogP contribution in [0, 0.1) is 6.92 Å². The van der Waals surface area contributed by atoms with Crippen LogP contribution in [-0.4, -0.2) is 29.6 Å². The molecule has 1 aliphatic rings. The number of rotatable bonds is 4. The van der Waals surface area contributed by atoms with Crippen LogP contribution in [0.1, 0.15) is 60.9 Å². The summed E-state index contributed by atoms with van der Waals surface area (Å²) in [6.45, 7) is 1.39. The van der Waals surface area contributed by atoms with Crippen LogP contribution < -0.4 is 5.32 Å². The number of hydrogen-bond donors (Lipinski definition) is 2. The van der Waals surface area contributed by atoms with Gasteiger partial charge in [-0.1, -0.05) is 44.2 Å². The Morgan fingerprint density at radius 3 is 2.52 bits per heavy atom. The Bertz CT molecular complexity index is 548. The maximum atomic E-state index is 12.0. The Hall–Kier alpha value is -2.04. The first-order chi connectivity index (χ1) is 11.1. The van der Waals surface area contributed by atoms with Crippen LogP contribution in [-0.2, 0) is 9.53 Å². The third-order valence-corrected chi connectivity index (χ3v) is 4.26. The number of carbonyl (C=O) groups excluding carboxylic acids is 2. The molecule has 1 aliphatic carbocycles. The van der Waals surface area contributed by atoms with Crippen molar-refractivity contribution in [3.8, 4) is 5.75 Å². The van der Waals surface area contributed by atoms with E-state index in [1.54, 1.807) is 19.1 Å². The highest BCUT2D eigenvalue weighted by atomic mass is 16.5. The fourth-order valence-electron chi connectivity index (χ4n) is 2.90. The number of ether oxygens (including phenoxy) is 1. The van der Waals surface area contributed by atoms with E-state index in [0.29, 0.717) is 5.56 Å². The van der Waals surface area contributed by atoms with Gasteiger partial charge < -0.3 is 15.2 Å². The van der Waals surface area contributed by atoms with Crippen molar-refractivity contribution in [3.05, 3.63) is 29.3 Å². The third kappa shape index (κ3) is 5.27. The van der Waals surface area contributed by atoms with E-state index in [1.165, 1.54) is 25.3 Å². The molecule has 1 amide bonds. The number of phenols is 1. The van der Waals surface area contributed by atoms with E-state index < -0.39 is 5.97 Å². The molecule has 0 heterocycles. The Balaban J connectivity index is 1.81. The number of carbonyl (C=O) groups is 2. The predicted molar refractivity (Wildman–Crippen MR) is 87.4 cm³/mol. The molecule has 126 valence electrons. The summed E-state index contributed by atoms with van der Waals surface area (Å²) in [6, 6.07) is 5.03. The SMILES string of the molecule is Cc1cccc(C(=O)OCC(=O)NC2CCCCCCC2)c1O. The van der Waals surface area contributed by atoms with Gasteiger partial charge >= 0.3 is 5.97 Å². The van der Waals surface area contributed by atoms with Gasteiger partial charge in [-0.25, -0.2) is 4.79 Å². The molecule has 0 radical (unpaired) electrons. The molecule has 0 spiro atoms. The van der Waals surface area contributed by atoms with Crippen LogP contribution in [0.15, 0.2) is 18.2 Å². The van der Waals surface area contributed by atoms with Crippen LogP contribution in [0.4, 0.5) is 0 Å². The smallest absolute Gasteiger partial charge is 0.342 e. The molecule has 2 rings (SSSR count). The van der Waals surface area contributed by atoms with Crippen molar-refractivity contribution in [1.29, 1.82) is 0 Å². The van der Waals surface area contributed by atoms with Gasteiger partial charge in [0, 0.05) is 6.04 Å². The zero-order valence-corrected chi connectivity index (χ0v) is 13.6. The van der Waals surface area contributed by atoms with E-state index in [1.807, 2.05) is 0 Å². The maximum Gasteiger partial charge on any atom is 0.342 e. The van der Waals surface area contributed by atoms with Crippen LogP contribution in [0.25, 0.3) is 0 Å². The quantitative estimate of drug-likeness (QED) is 0.836. The summed E-state index contributed by atoms with van der Waals surface area (Å²) in [5.41, 5.74) is 0.683. The van der Waals surface area contributed by atoms with Gasteiger partial charge in [0.15, 0.2) is 6.61 Å². The van der Waals surface area contributed by atoms with Crippen molar-refractivity contribution >= 4 is 11.9 Å². The second-order valence-electron chi connectivity index (χ2n) is 6.16. The van der Waals surface area contributed by atoms with E-state index in [-0.39, 0.29) is 29.9 Å². The summed E-state index contributed by atoms with van der Waals surface area (Å²) in [7, 11) is 0. The number of esters is 1. The average molecular weight is 319 g/mol. The van der Waals surface area contributed by atoms with Crippen molar-refractivity contribution in [1.82, 2.24) is 5.32 Å². The second kappa shape index (κ2) is 8.56. The molecule has 0 unspecified atom stereocenters. The lowest BCUT2D eigenvalue weighted by Crippen LogP contribution is -2.38. The zero-order valence-electron chi connectivity index (χ0n) is 13.6. The normalized spacial score (nSPS) is 16.2. The third-order valence-electron chi connectivity index (χ3n) is 4.26. The molecule has 5 heteroatoms. The number of amides is 1. The highest BCUT2D eigenvalue weighted by molar-refractivity contribution is 5.94. The molecule has 0 aliphatic heterocycles. The molecular formula is C18H25NO4. The Morgan fingerprint density at radius 1 is 1.17 bits per heavy atom. The van der Waals surface area contributed by atoms with Gasteiger partial charge in [-0.15, -0.1) is 0 Å². The zero-order chi connectivity index (χ0) is 16.7. The molecule has 0 aromatic heterocycles. The van der Waals surface area contributed by atoms with Crippen LogP contribution in [0.2, 0.25) is 0 Å². The summed E-state index contributed by atoms with van der Waals surface area (Å²) in [5.74, 6) is -1.06. The lowest BCUT2D eigenvalue weighted by atomic mass is 9.97. The number of aryl methyl sites for hydroxylation is 1. The van der Waals surface area contributed by atoms with E-state index in [9.17, 15) is 14.7 Å². The summed E-state index contributed by atoms with van der Waals surface area (Å²) < 4.78 is 5.01. The number of aromatic hydroxyl groups is 1. The van der Waals surface area contributed by atoms with Crippen molar-refractivity contribution in [3.63, 3.8) is 0 Å². The number of nitrogens with one attached hydrogen (secondary N) is 1. The standard InChI is InChI=1S/C18H25NO4/c1-13-8-7-11-15(17(13)21)18(22)23-12-16(20)19-14-9-5-3-2-4-6-10-14/h7-8,11,14,21H,2-6,9-10,12H2,1H3,(H,19,20). The van der Waals surface area contributed by atoms with Crippen molar-refractivity contribution in [2.24, 2.45) is 0 Å². The molecule has 2 N–H and O–H groups in total. The number of phenolic OH excluding ortho intramolecular Hbond substituents is 1. The Morgan fingerprint density at radius 2 is 1.83 bits per heavy atom. The minimum absolute atomic E-state index is 0.0868. The monoisotopic (exact) mass is 319 g/mol. The largest absolute Gasteiger partial charge is 0.507 e. The number of para-hydroxylation sites is 1. The fraction of sp³-hybridized carbons (Fsp3) is 0.556. The van der Waals surface area contributed by atoms with Gasteiger partial charge in [0.05, 0.1) is 0 Å². The second-order valence-corrected chi connectivity index (χ2v) is 6.16. The summed E-state index contributed by atoms with van der Waals surface area (Å²) in [6.07, 6.45) is 7.93. The molecule has 5 nitrogen and oxygen atoms in total. The van der Waals surface area contributed by atoms with Crippen molar-refractivity contribution < 1.29 is 19.4 Å². The predicted octanol–water partition coefficient (Wildman–Crippen LogP) is 3.09. The highest BCUT2D eigenvalue weighted by Crippen LogP contribution is 2.22. The van der Waals surface area contributed by atoms with E-state index in [0.717, 1.165) is 25.7 Å². The van der Waals surface area contributed by atoms with Crippen LogP contribution in [0.3, 0.4) is 0 Å². The molecular weight excluding hydrogens is 294 g/mol.